The van der Waals surface area contributed by atoms with Crippen LogP contribution in [0.3, 0.4) is 0 Å². The molecule has 0 atom stereocenters. The zero-order valence-corrected chi connectivity index (χ0v) is 25.4. The Balaban J connectivity index is 1.20. The van der Waals surface area contributed by atoms with Gasteiger partial charge in [0.25, 0.3) is 0 Å². The maximum Gasteiger partial charge on any atom is 0.144 e. The first-order valence-corrected chi connectivity index (χ1v) is 15.8. The minimum Gasteiger partial charge on any atom is -0.457 e. The standard InChI is InChI=1S/C41H30N4O/c1-43-24-37-39(42-25-43)33-15-9-14-29(41(33)46-37)26-18-20-28(21-19-26)44-35-17-8-6-13-32(35)38-36(44)23-22-31-30-12-5-7-16-34(30)45(40(31)38)27-10-3-2-4-11-27/h2-23,42H,24-25H2,1H3. The van der Waals surface area contributed by atoms with Crippen LogP contribution < -0.4 is 5.32 Å². The zero-order valence-electron chi connectivity index (χ0n) is 25.4. The Morgan fingerprint density at radius 3 is 2.09 bits per heavy atom. The molecule has 0 radical (unpaired) electrons. The van der Waals surface area contributed by atoms with E-state index >= 15 is 0 Å². The molecule has 6 aromatic carbocycles. The molecule has 0 unspecified atom stereocenters. The van der Waals surface area contributed by atoms with E-state index < -0.39 is 0 Å². The van der Waals surface area contributed by atoms with Crippen LogP contribution in [0.25, 0.3) is 77.1 Å². The highest BCUT2D eigenvalue weighted by Crippen LogP contribution is 2.43. The second-order valence-corrected chi connectivity index (χ2v) is 12.4. The van der Waals surface area contributed by atoms with Crippen LogP contribution >= 0.6 is 0 Å². The zero-order chi connectivity index (χ0) is 30.4. The Labute approximate surface area is 265 Å². The van der Waals surface area contributed by atoms with Gasteiger partial charge in [0.05, 0.1) is 41.0 Å². The molecule has 1 aliphatic rings. The van der Waals surface area contributed by atoms with Gasteiger partial charge in [-0.2, -0.15) is 0 Å². The summed E-state index contributed by atoms with van der Waals surface area (Å²) in [6.45, 7) is 1.62. The molecular weight excluding hydrogens is 564 g/mol. The van der Waals surface area contributed by atoms with E-state index in [1.165, 1.54) is 43.6 Å². The molecule has 0 fully saturated rings. The van der Waals surface area contributed by atoms with E-state index in [0.29, 0.717) is 0 Å². The van der Waals surface area contributed by atoms with Crippen molar-refractivity contribution in [2.45, 2.75) is 6.54 Å². The lowest BCUT2D eigenvalue weighted by atomic mass is 10.0. The van der Waals surface area contributed by atoms with Crippen LogP contribution in [0, 0.1) is 0 Å². The summed E-state index contributed by atoms with van der Waals surface area (Å²) >= 11 is 0. The third kappa shape index (κ3) is 3.54. The Hall–Kier alpha value is -5.78. The van der Waals surface area contributed by atoms with Gasteiger partial charge >= 0.3 is 0 Å². The number of rotatable bonds is 3. The van der Waals surface area contributed by atoms with Gasteiger partial charge < -0.3 is 18.9 Å². The van der Waals surface area contributed by atoms with Gasteiger partial charge in [-0.25, -0.2) is 0 Å². The largest absolute Gasteiger partial charge is 0.457 e. The second kappa shape index (κ2) is 9.61. The minimum atomic E-state index is 0.805. The predicted octanol–water partition coefficient (Wildman–Crippen LogP) is 10.1. The molecular formula is C41H30N4O. The van der Waals surface area contributed by atoms with Crippen molar-refractivity contribution >= 4 is 60.3 Å². The molecule has 4 heterocycles. The number of nitrogens with zero attached hydrogens (tertiary/aromatic N) is 3. The van der Waals surface area contributed by atoms with Crippen molar-refractivity contribution in [3.63, 3.8) is 0 Å². The Morgan fingerprint density at radius 1 is 0.565 bits per heavy atom. The number of hydrogen-bond donors (Lipinski definition) is 1. The van der Waals surface area contributed by atoms with E-state index in [-0.39, 0.29) is 0 Å². The quantitative estimate of drug-likeness (QED) is 0.221. The first-order valence-electron chi connectivity index (χ1n) is 15.8. The third-order valence-electron chi connectivity index (χ3n) is 9.65. The lowest BCUT2D eigenvalue weighted by molar-refractivity contribution is 0.306. The summed E-state index contributed by atoms with van der Waals surface area (Å²) in [6.07, 6.45) is 0. The van der Waals surface area contributed by atoms with E-state index in [2.05, 4.69) is 160 Å². The van der Waals surface area contributed by atoms with Crippen molar-refractivity contribution in [2.75, 3.05) is 19.0 Å². The van der Waals surface area contributed by atoms with Gasteiger partial charge in [-0.05, 0) is 61.1 Å². The van der Waals surface area contributed by atoms with E-state index in [9.17, 15) is 0 Å². The van der Waals surface area contributed by atoms with Crippen molar-refractivity contribution in [1.82, 2.24) is 14.0 Å². The van der Waals surface area contributed by atoms with Crippen molar-refractivity contribution in [2.24, 2.45) is 0 Å². The van der Waals surface area contributed by atoms with Crippen molar-refractivity contribution in [3.05, 3.63) is 139 Å². The van der Waals surface area contributed by atoms with Crippen LogP contribution in [0.15, 0.2) is 138 Å². The fraction of sp³-hybridized carbons (Fsp3) is 0.0732. The van der Waals surface area contributed by atoms with Crippen molar-refractivity contribution in [1.29, 1.82) is 0 Å². The van der Waals surface area contributed by atoms with Crippen molar-refractivity contribution in [3.8, 4) is 22.5 Å². The van der Waals surface area contributed by atoms with Crippen LogP contribution in [-0.2, 0) is 6.54 Å². The average molecular weight is 595 g/mol. The molecule has 1 N–H and O–H groups in total. The van der Waals surface area contributed by atoms with Crippen LogP contribution in [-0.4, -0.2) is 27.8 Å². The number of hydrogen-bond acceptors (Lipinski definition) is 3. The Bertz CT molecular complexity index is 2620. The first-order chi connectivity index (χ1) is 22.7. The number of para-hydroxylation sites is 4. The van der Waals surface area contributed by atoms with Gasteiger partial charge in [-0.3, -0.25) is 4.90 Å². The summed E-state index contributed by atoms with van der Waals surface area (Å²) in [7, 11) is 2.10. The highest BCUT2D eigenvalue weighted by molar-refractivity contribution is 6.26. The summed E-state index contributed by atoms with van der Waals surface area (Å²) in [6, 6.07) is 48.2. The highest BCUT2D eigenvalue weighted by atomic mass is 16.3. The number of anilines is 1. The fourth-order valence-corrected chi connectivity index (χ4v) is 7.64. The molecule has 0 saturated heterocycles. The third-order valence-corrected chi connectivity index (χ3v) is 9.65. The van der Waals surface area contributed by atoms with Crippen LogP contribution in [0.4, 0.5) is 5.69 Å². The molecule has 220 valence electrons. The normalized spacial score (nSPS) is 13.7. The molecule has 0 amide bonds. The molecule has 0 saturated carbocycles. The summed E-state index contributed by atoms with van der Waals surface area (Å²) < 4.78 is 11.3. The van der Waals surface area contributed by atoms with E-state index in [1.54, 1.807) is 0 Å². The van der Waals surface area contributed by atoms with Crippen LogP contribution in [0.1, 0.15) is 5.76 Å². The summed E-state index contributed by atoms with van der Waals surface area (Å²) in [4.78, 5) is 2.22. The number of furan rings is 1. The second-order valence-electron chi connectivity index (χ2n) is 12.4. The average Bonchev–Trinajstić information content (AvgIpc) is 3.76. The minimum absolute atomic E-state index is 0.805. The van der Waals surface area contributed by atoms with Gasteiger partial charge in [0.2, 0.25) is 0 Å². The monoisotopic (exact) mass is 594 g/mol. The molecule has 9 aromatic rings. The predicted molar refractivity (Wildman–Crippen MR) is 190 cm³/mol. The molecule has 3 aromatic heterocycles. The number of aromatic nitrogens is 2. The van der Waals surface area contributed by atoms with E-state index in [0.717, 1.165) is 58.1 Å². The molecule has 0 aliphatic carbocycles. The van der Waals surface area contributed by atoms with Crippen molar-refractivity contribution < 1.29 is 4.42 Å². The molecule has 1 aliphatic heterocycles. The Morgan fingerprint density at radius 2 is 1.26 bits per heavy atom. The topological polar surface area (TPSA) is 38.3 Å². The molecule has 10 rings (SSSR count). The lowest BCUT2D eigenvalue weighted by Gasteiger charge is -2.22. The van der Waals surface area contributed by atoms with E-state index in [1.807, 2.05) is 0 Å². The van der Waals surface area contributed by atoms with Gasteiger partial charge in [-0.15, -0.1) is 0 Å². The summed E-state index contributed by atoms with van der Waals surface area (Å²) in [5.74, 6) is 0.998. The molecule has 0 spiro atoms. The molecule has 0 bridgehead atoms. The molecule has 5 nitrogen and oxygen atoms in total. The number of benzene rings is 6. The van der Waals surface area contributed by atoms with E-state index in [4.69, 9.17) is 4.42 Å². The number of nitrogens with one attached hydrogen (secondary N) is 1. The van der Waals surface area contributed by atoms with Gasteiger partial charge in [0.15, 0.2) is 0 Å². The summed E-state index contributed by atoms with van der Waals surface area (Å²) in [5, 5.41) is 9.72. The molecule has 5 heteroatoms. The highest BCUT2D eigenvalue weighted by Gasteiger charge is 2.23. The van der Waals surface area contributed by atoms with Gasteiger partial charge in [-0.1, -0.05) is 84.9 Å². The summed E-state index contributed by atoms with van der Waals surface area (Å²) in [5.41, 5.74) is 11.4. The van der Waals surface area contributed by atoms with Crippen LogP contribution in [0.2, 0.25) is 0 Å². The Kier molecular flexibility index (Phi) is 5.33. The fourth-order valence-electron chi connectivity index (χ4n) is 7.64. The number of fused-ring (bicyclic) bond motifs is 10. The van der Waals surface area contributed by atoms with Crippen LogP contribution in [0.5, 0.6) is 0 Å². The smallest absolute Gasteiger partial charge is 0.144 e. The maximum atomic E-state index is 6.47. The maximum absolute atomic E-state index is 6.47. The lowest BCUT2D eigenvalue weighted by Crippen LogP contribution is -2.29. The SMILES string of the molecule is CN1CNc2c(oc3c(-c4ccc(-n5c6ccccc6c6c5ccc5c7ccccc7n(-c7ccccc7)c56)cc4)cccc23)C1. The first kappa shape index (κ1) is 25.5. The van der Waals surface area contributed by atoms with Gasteiger partial charge in [0, 0.05) is 43.9 Å². The van der Waals surface area contributed by atoms with Gasteiger partial charge in [0.1, 0.15) is 11.3 Å². The molecule has 46 heavy (non-hydrogen) atoms.